The summed E-state index contributed by atoms with van der Waals surface area (Å²) in [5.41, 5.74) is 0. The zero-order valence-electron chi connectivity index (χ0n) is 4.82. The van der Waals surface area contributed by atoms with Gasteiger partial charge in [0, 0.05) is 6.92 Å². The van der Waals surface area contributed by atoms with Crippen molar-refractivity contribution in [3.63, 3.8) is 0 Å². The molecule has 0 aliphatic carbocycles. The van der Waals surface area contributed by atoms with Crippen LogP contribution in [0.1, 0.15) is 13.3 Å². The Hall–Kier alpha value is -0.980. The molecule has 2 nitrogen and oxygen atoms in total. The molecule has 0 aromatic heterocycles. The first-order valence-corrected chi connectivity index (χ1v) is 2.26. The van der Waals surface area contributed by atoms with Gasteiger partial charge >= 0.3 is 5.92 Å². The van der Waals surface area contributed by atoms with Gasteiger partial charge in [0.1, 0.15) is 6.42 Å². The second kappa shape index (κ2) is 2.53. The maximum absolute atomic E-state index is 11.8. The van der Waals surface area contributed by atoms with E-state index in [1.807, 2.05) is 0 Å². The van der Waals surface area contributed by atoms with Crippen molar-refractivity contribution >= 4 is 5.78 Å². The largest absolute Gasteiger partial charge is 0.303 e. The number of halogens is 2. The Morgan fingerprint density at radius 1 is 1.78 bits per heavy atom. The van der Waals surface area contributed by atoms with Crippen LogP contribution in [0.2, 0.25) is 0 Å². The fourth-order valence-corrected chi connectivity index (χ4v) is 0.227. The molecule has 0 heterocycles. The Bertz CT molecular complexity index is 153. The van der Waals surface area contributed by atoms with Gasteiger partial charge in [0.25, 0.3) is 0 Å². The van der Waals surface area contributed by atoms with Gasteiger partial charge in [-0.2, -0.15) is 14.0 Å². The summed E-state index contributed by atoms with van der Waals surface area (Å²) >= 11 is 0. The van der Waals surface area contributed by atoms with E-state index in [1.54, 1.807) is 0 Å². The van der Waals surface area contributed by atoms with Gasteiger partial charge in [0.15, 0.2) is 0 Å². The van der Waals surface area contributed by atoms with Gasteiger partial charge in [-0.1, -0.05) is 0 Å². The summed E-state index contributed by atoms with van der Waals surface area (Å²) in [6, 6.07) is 1.34. The van der Waals surface area contributed by atoms with Crippen molar-refractivity contribution in [1.82, 2.24) is 0 Å². The predicted octanol–water partition coefficient (Wildman–Crippen LogP) is 1.12. The Labute approximate surface area is 51.1 Å². The molecular formula is C5H5F2NO. The monoisotopic (exact) mass is 133 g/mol. The highest BCUT2D eigenvalue weighted by atomic mass is 19.3. The highest BCUT2D eigenvalue weighted by molar-refractivity contribution is 5.86. The Morgan fingerprint density at radius 3 is 2.33 bits per heavy atom. The number of hydrogen-bond donors (Lipinski definition) is 0. The van der Waals surface area contributed by atoms with E-state index in [1.165, 1.54) is 6.07 Å². The Kier molecular flexibility index (Phi) is 2.26. The van der Waals surface area contributed by atoms with Crippen molar-refractivity contribution in [2.75, 3.05) is 0 Å². The van der Waals surface area contributed by atoms with E-state index in [2.05, 4.69) is 0 Å². The van der Waals surface area contributed by atoms with Gasteiger partial charge in [-0.05, 0) is 0 Å². The summed E-state index contributed by atoms with van der Waals surface area (Å²) in [4.78, 5) is 10.1. The van der Waals surface area contributed by atoms with E-state index >= 15 is 0 Å². The first-order chi connectivity index (χ1) is 3.98. The van der Waals surface area contributed by atoms with E-state index < -0.39 is 18.1 Å². The van der Waals surface area contributed by atoms with Crippen LogP contribution in [0.3, 0.4) is 0 Å². The zero-order valence-corrected chi connectivity index (χ0v) is 4.82. The van der Waals surface area contributed by atoms with Crippen LogP contribution in [0.4, 0.5) is 8.78 Å². The third-order valence-corrected chi connectivity index (χ3v) is 0.729. The normalized spacial score (nSPS) is 10.4. The lowest BCUT2D eigenvalue weighted by atomic mass is 10.2. The molecule has 0 fully saturated rings. The zero-order chi connectivity index (χ0) is 7.49. The minimum Gasteiger partial charge on any atom is -0.292 e. The van der Waals surface area contributed by atoms with E-state index in [0.29, 0.717) is 6.92 Å². The number of rotatable bonds is 2. The van der Waals surface area contributed by atoms with Crippen LogP contribution in [0.5, 0.6) is 0 Å². The molecule has 0 aliphatic heterocycles. The molecule has 0 rings (SSSR count). The molecule has 0 spiro atoms. The van der Waals surface area contributed by atoms with E-state index in [4.69, 9.17) is 5.26 Å². The number of ketones is 1. The van der Waals surface area contributed by atoms with Crippen molar-refractivity contribution in [2.24, 2.45) is 0 Å². The minimum atomic E-state index is -3.35. The molecule has 0 radical (unpaired) electrons. The number of carbonyl (C=O) groups excluding carboxylic acids is 1. The molecule has 0 saturated carbocycles. The highest BCUT2D eigenvalue weighted by Crippen LogP contribution is 2.13. The molecule has 0 bridgehead atoms. The molecule has 0 aliphatic rings. The van der Waals surface area contributed by atoms with Gasteiger partial charge in [-0.3, -0.25) is 4.79 Å². The van der Waals surface area contributed by atoms with Crippen LogP contribution >= 0.6 is 0 Å². The molecule has 0 aromatic carbocycles. The Balaban J connectivity index is 3.93. The molecule has 50 valence electrons. The number of Topliss-reactive ketones (excluding diaryl/α,β-unsaturated/α-hetero) is 1. The second-order valence-corrected chi connectivity index (χ2v) is 1.65. The van der Waals surface area contributed by atoms with Crippen LogP contribution in [0.25, 0.3) is 0 Å². The van der Waals surface area contributed by atoms with Crippen LogP contribution in [0.15, 0.2) is 0 Å². The van der Waals surface area contributed by atoms with E-state index in [9.17, 15) is 13.6 Å². The molecule has 0 saturated heterocycles. The predicted molar refractivity (Wildman–Crippen MR) is 25.9 cm³/mol. The molecular weight excluding hydrogens is 128 g/mol. The van der Waals surface area contributed by atoms with E-state index in [0.717, 1.165) is 0 Å². The summed E-state index contributed by atoms with van der Waals surface area (Å²) < 4.78 is 23.6. The second-order valence-electron chi connectivity index (χ2n) is 1.65. The smallest absolute Gasteiger partial charge is 0.292 e. The van der Waals surface area contributed by atoms with Crippen molar-refractivity contribution in [1.29, 1.82) is 5.26 Å². The van der Waals surface area contributed by atoms with Crippen LogP contribution in [-0.4, -0.2) is 11.7 Å². The van der Waals surface area contributed by atoms with Crippen LogP contribution in [0, 0.1) is 11.3 Å². The van der Waals surface area contributed by atoms with Crippen LogP contribution in [-0.2, 0) is 4.79 Å². The number of alkyl halides is 2. The topological polar surface area (TPSA) is 40.9 Å². The first-order valence-electron chi connectivity index (χ1n) is 2.26. The number of hydrogen-bond acceptors (Lipinski definition) is 2. The van der Waals surface area contributed by atoms with E-state index in [-0.39, 0.29) is 0 Å². The molecule has 0 N–H and O–H groups in total. The average Bonchev–Trinajstić information content (AvgIpc) is 1.64. The summed E-state index contributed by atoms with van der Waals surface area (Å²) in [6.07, 6.45) is -0.719. The lowest BCUT2D eigenvalue weighted by molar-refractivity contribution is -0.139. The first kappa shape index (κ1) is 8.02. The van der Waals surface area contributed by atoms with Crippen molar-refractivity contribution in [2.45, 2.75) is 19.3 Å². The minimum absolute atomic E-state index is 0.479. The van der Waals surface area contributed by atoms with Gasteiger partial charge < -0.3 is 0 Å². The van der Waals surface area contributed by atoms with Gasteiger partial charge in [-0.15, -0.1) is 0 Å². The van der Waals surface area contributed by atoms with Crippen molar-refractivity contribution < 1.29 is 13.6 Å². The molecule has 0 amide bonds. The molecule has 0 unspecified atom stereocenters. The molecule has 4 heteroatoms. The molecule has 0 aromatic rings. The van der Waals surface area contributed by atoms with Crippen LogP contribution < -0.4 is 0 Å². The quantitative estimate of drug-likeness (QED) is 0.566. The summed E-state index contributed by atoms with van der Waals surface area (Å²) in [5.74, 6) is -4.68. The lowest BCUT2D eigenvalue weighted by Crippen LogP contribution is -2.23. The number of nitriles is 1. The number of carbonyl (C=O) groups is 1. The maximum Gasteiger partial charge on any atom is 0.303 e. The summed E-state index contributed by atoms with van der Waals surface area (Å²) in [6.45, 7) is 0.479. The van der Waals surface area contributed by atoms with Gasteiger partial charge in [-0.25, -0.2) is 0 Å². The Morgan fingerprint density at radius 2 is 2.22 bits per heavy atom. The fraction of sp³-hybridized carbons (Fsp3) is 0.600. The average molecular weight is 133 g/mol. The summed E-state index contributed by atoms with van der Waals surface area (Å²) in [7, 11) is 0. The van der Waals surface area contributed by atoms with Crippen molar-refractivity contribution in [3.05, 3.63) is 0 Å². The third-order valence-electron chi connectivity index (χ3n) is 0.729. The highest BCUT2D eigenvalue weighted by Gasteiger charge is 2.30. The third kappa shape index (κ3) is 2.75. The lowest BCUT2D eigenvalue weighted by Gasteiger charge is -2.03. The maximum atomic E-state index is 11.8. The van der Waals surface area contributed by atoms with Crippen molar-refractivity contribution in [3.8, 4) is 6.07 Å². The summed E-state index contributed by atoms with van der Waals surface area (Å²) in [5, 5.41) is 7.80. The SMILES string of the molecule is CC(F)(F)C(=O)CC#N. The fourth-order valence-electron chi connectivity index (χ4n) is 0.227. The standard InChI is InChI=1S/C5H5F2NO/c1-5(6,7)4(9)2-3-8/h2H2,1H3. The molecule has 9 heavy (non-hydrogen) atoms. The number of nitrogens with zero attached hydrogens (tertiary/aromatic N) is 1. The molecule has 0 atom stereocenters. The van der Waals surface area contributed by atoms with Gasteiger partial charge in [0.05, 0.1) is 6.07 Å². The van der Waals surface area contributed by atoms with Gasteiger partial charge in [0.2, 0.25) is 5.78 Å².